The Balaban J connectivity index is 1.54. The predicted molar refractivity (Wildman–Crippen MR) is 159 cm³/mol. The van der Waals surface area contributed by atoms with Gasteiger partial charge in [-0.3, -0.25) is 4.79 Å². The molecule has 0 fully saturated rings. The van der Waals surface area contributed by atoms with Crippen LogP contribution in [0.2, 0.25) is 0 Å². The highest BCUT2D eigenvalue weighted by molar-refractivity contribution is 5.98. The molecule has 0 aliphatic rings. The average Bonchev–Trinajstić information content (AvgIpc) is 2.97. The molecule has 0 saturated carbocycles. The summed E-state index contributed by atoms with van der Waals surface area (Å²) in [5, 5.41) is 6.25. The number of methoxy groups -OCH3 is 1. The van der Waals surface area contributed by atoms with Crippen molar-refractivity contribution in [3.8, 4) is 22.6 Å². The van der Waals surface area contributed by atoms with Gasteiger partial charge in [-0.1, -0.05) is 69.4 Å². The number of ether oxygens (including phenoxy) is 2. The SMILES string of the molecule is CCCCCCCCOc1cccc(-c2cccc(Nc3nc(Nc4ccccn4)ncc3C(N)=O)c2OC)c1. The molecule has 0 aliphatic carbocycles. The second-order valence-corrected chi connectivity index (χ2v) is 9.32. The molecule has 9 heteroatoms. The molecule has 0 aliphatic heterocycles. The van der Waals surface area contributed by atoms with Gasteiger partial charge in [0.2, 0.25) is 5.95 Å². The zero-order chi connectivity index (χ0) is 28.2. The first-order valence-electron chi connectivity index (χ1n) is 13.6. The number of nitrogens with two attached hydrogens (primary N) is 1. The molecule has 2 heterocycles. The number of nitrogens with one attached hydrogen (secondary N) is 2. The lowest BCUT2D eigenvalue weighted by molar-refractivity contribution is 0.100. The molecule has 4 aromatic rings. The monoisotopic (exact) mass is 540 g/mol. The van der Waals surface area contributed by atoms with Gasteiger partial charge in [0.1, 0.15) is 28.7 Å². The van der Waals surface area contributed by atoms with E-state index < -0.39 is 5.91 Å². The quantitative estimate of drug-likeness (QED) is 0.140. The minimum absolute atomic E-state index is 0.143. The molecule has 0 spiro atoms. The lowest BCUT2D eigenvalue weighted by Crippen LogP contribution is -2.16. The third kappa shape index (κ3) is 7.69. The molecule has 0 unspecified atom stereocenters. The van der Waals surface area contributed by atoms with Crippen LogP contribution in [0.5, 0.6) is 11.5 Å². The highest BCUT2D eigenvalue weighted by Crippen LogP contribution is 2.39. The summed E-state index contributed by atoms with van der Waals surface area (Å²) < 4.78 is 11.9. The van der Waals surface area contributed by atoms with Gasteiger partial charge < -0.3 is 25.8 Å². The number of rotatable bonds is 15. The van der Waals surface area contributed by atoms with E-state index in [1.165, 1.54) is 38.3 Å². The molecular formula is C31H36N6O3. The number of primary amides is 1. The Morgan fingerprint density at radius 1 is 0.925 bits per heavy atom. The van der Waals surface area contributed by atoms with E-state index in [2.05, 4.69) is 32.5 Å². The Kier molecular flexibility index (Phi) is 10.3. The lowest BCUT2D eigenvalue weighted by Gasteiger charge is -2.17. The van der Waals surface area contributed by atoms with Crippen LogP contribution in [-0.2, 0) is 0 Å². The Labute approximate surface area is 235 Å². The van der Waals surface area contributed by atoms with Gasteiger partial charge in [-0.05, 0) is 42.3 Å². The summed E-state index contributed by atoms with van der Waals surface area (Å²) in [6.07, 6.45) is 10.3. The van der Waals surface area contributed by atoms with Crippen molar-refractivity contribution in [3.63, 3.8) is 0 Å². The summed E-state index contributed by atoms with van der Waals surface area (Å²) in [4.78, 5) is 25.1. The molecule has 4 N–H and O–H groups in total. The molecular weight excluding hydrogens is 504 g/mol. The zero-order valence-corrected chi connectivity index (χ0v) is 23.0. The minimum Gasteiger partial charge on any atom is -0.494 e. The van der Waals surface area contributed by atoms with Gasteiger partial charge >= 0.3 is 0 Å². The van der Waals surface area contributed by atoms with Crippen molar-refractivity contribution in [3.05, 3.63) is 78.6 Å². The molecule has 9 nitrogen and oxygen atoms in total. The van der Waals surface area contributed by atoms with Gasteiger partial charge in [0.05, 0.1) is 19.4 Å². The number of nitrogens with zero attached hydrogens (tertiary/aromatic N) is 3. The number of carbonyl (C=O) groups is 1. The topological polar surface area (TPSA) is 124 Å². The maximum atomic E-state index is 12.2. The third-order valence-electron chi connectivity index (χ3n) is 6.34. The Morgan fingerprint density at radius 2 is 1.75 bits per heavy atom. The normalized spacial score (nSPS) is 10.7. The van der Waals surface area contributed by atoms with E-state index in [0.717, 1.165) is 23.3 Å². The van der Waals surface area contributed by atoms with Gasteiger partial charge in [0, 0.05) is 18.0 Å². The fourth-order valence-electron chi connectivity index (χ4n) is 4.30. The van der Waals surface area contributed by atoms with Crippen LogP contribution in [0.3, 0.4) is 0 Å². The number of hydrogen-bond donors (Lipinski definition) is 3. The van der Waals surface area contributed by atoms with Crippen LogP contribution in [0, 0.1) is 0 Å². The molecule has 40 heavy (non-hydrogen) atoms. The molecule has 1 amide bonds. The molecule has 0 atom stereocenters. The minimum atomic E-state index is -0.655. The molecule has 4 rings (SSSR count). The smallest absolute Gasteiger partial charge is 0.254 e. The molecule has 0 bridgehead atoms. The van der Waals surface area contributed by atoms with Crippen LogP contribution >= 0.6 is 0 Å². The number of benzene rings is 2. The van der Waals surface area contributed by atoms with Gasteiger partial charge in [0.15, 0.2) is 0 Å². The summed E-state index contributed by atoms with van der Waals surface area (Å²) in [6.45, 7) is 2.91. The first kappa shape index (κ1) is 28.4. The maximum absolute atomic E-state index is 12.2. The fourth-order valence-corrected chi connectivity index (χ4v) is 4.30. The molecule has 0 radical (unpaired) electrons. The third-order valence-corrected chi connectivity index (χ3v) is 6.34. The Morgan fingerprint density at radius 3 is 2.52 bits per heavy atom. The summed E-state index contributed by atoms with van der Waals surface area (Å²) in [5.41, 5.74) is 8.18. The zero-order valence-electron chi connectivity index (χ0n) is 23.0. The first-order chi connectivity index (χ1) is 19.6. The van der Waals surface area contributed by atoms with Crippen molar-refractivity contribution in [1.82, 2.24) is 15.0 Å². The van der Waals surface area contributed by atoms with E-state index in [-0.39, 0.29) is 17.3 Å². The van der Waals surface area contributed by atoms with Crippen molar-refractivity contribution in [2.45, 2.75) is 45.4 Å². The second-order valence-electron chi connectivity index (χ2n) is 9.32. The average molecular weight is 541 g/mol. The largest absolute Gasteiger partial charge is 0.494 e. The first-order valence-corrected chi connectivity index (χ1v) is 13.6. The number of amides is 1. The van der Waals surface area contributed by atoms with Crippen molar-refractivity contribution < 1.29 is 14.3 Å². The number of hydrogen-bond acceptors (Lipinski definition) is 8. The van der Waals surface area contributed by atoms with Crippen LogP contribution in [0.1, 0.15) is 55.8 Å². The van der Waals surface area contributed by atoms with Crippen molar-refractivity contribution in [2.75, 3.05) is 24.4 Å². The highest BCUT2D eigenvalue weighted by Gasteiger charge is 2.17. The highest BCUT2D eigenvalue weighted by atomic mass is 16.5. The van der Waals surface area contributed by atoms with Crippen LogP contribution in [-0.4, -0.2) is 34.6 Å². The van der Waals surface area contributed by atoms with Gasteiger partial charge in [0.25, 0.3) is 5.91 Å². The van der Waals surface area contributed by atoms with Gasteiger partial charge in [-0.15, -0.1) is 0 Å². The number of para-hydroxylation sites is 1. The molecule has 2 aromatic carbocycles. The van der Waals surface area contributed by atoms with E-state index in [9.17, 15) is 4.79 Å². The lowest BCUT2D eigenvalue weighted by atomic mass is 10.0. The van der Waals surface area contributed by atoms with Crippen LogP contribution in [0.15, 0.2) is 73.1 Å². The summed E-state index contributed by atoms with van der Waals surface area (Å²) in [6, 6.07) is 19.1. The molecule has 2 aromatic heterocycles. The van der Waals surface area contributed by atoms with Crippen molar-refractivity contribution >= 4 is 29.2 Å². The van der Waals surface area contributed by atoms with E-state index in [4.69, 9.17) is 15.2 Å². The number of unbranched alkanes of at least 4 members (excludes halogenated alkanes) is 5. The molecule has 0 saturated heterocycles. The van der Waals surface area contributed by atoms with E-state index in [0.29, 0.717) is 23.9 Å². The van der Waals surface area contributed by atoms with Gasteiger partial charge in [-0.2, -0.15) is 4.98 Å². The van der Waals surface area contributed by atoms with Crippen LogP contribution < -0.4 is 25.8 Å². The predicted octanol–water partition coefficient (Wildman–Crippen LogP) is 6.87. The van der Waals surface area contributed by atoms with E-state index in [1.807, 2.05) is 54.6 Å². The standard InChI is InChI=1S/C31H36N6O3/c1-3-4-5-6-7-10-19-40-23-14-11-13-22(20-23)24-15-12-16-26(28(24)39-2)35-30-25(29(32)38)21-34-31(37-30)36-27-17-8-9-18-33-27/h8-9,11-18,20-21H,3-7,10,19H2,1-2H3,(H2,32,38)(H2,33,34,35,36,37). The van der Waals surface area contributed by atoms with Crippen molar-refractivity contribution in [1.29, 1.82) is 0 Å². The Hall–Kier alpha value is -4.66. The van der Waals surface area contributed by atoms with E-state index >= 15 is 0 Å². The summed E-state index contributed by atoms with van der Waals surface area (Å²) in [5.74, 6) is 1.81. The van der Waals surface area contributed by atoms with Crippen molar-refractivity contribution in [2.24, 2.45) is 5.73 Å². The van der Waals surface area contributed by atoms with E-state index in [1.54, 1.807) is 19.4 Å². The number of pyridine rings is 1. The number of carbonyl (C=O) groups excluding carboxylic acids is 1. The summed E-state index contributed by atoms with van der Waals surface area (Å²) in [7, 11) is 1.60. The fraction of sp³-hybridized carbons (Fsp3) is 0.290. The maximum Gasteiger partial charge on any atom is 0.254 e. The van der Waals surface area contributed by atoms with Gasteiger partial charge in [-0.25, -0.2) is 9.97 Å². The van der Waals surface area contributed by atoms with Crippen LogP contribution in [0.4, 0.5) is 23.3 Å². The number of anilines is 4. The number of aromatic nitrogens is 3. The second kappa shape index (κ2) is 14.5. The van der Waals surface area contributed by atoms with Crippen LogP contribution in [0.25, 0.3) is 11.1 Å². The summed E-state index contributed by atoms with van der Waals surface area (Å²) >= 11 is 0. The molecule has 208 valence electrons. The Bertz CT molecular complexity index is 1400.